The molecule has 1 aromatic heterocycles. The Bertz CT molecular complexity index is 339. The summed E-state index contributed by atoms with van der Waals surface area (Å²) in [5.74, 6) is 0.748. The molecule has 1 aliphatic carbocycles. The van der Waals surface area contributed by atoms with Crippen LogP contribution in [0.5, 0.6) is 0 Å². The molecule has 0 atom stereocenters. The predicted molar refractivity (Wildman–Crippen MR) is 67.6 cm³/mol. The number of pyridine rings is 1. The molecule has 1 aliphatic rings. The number of rotatable bonds is 3. The molecule has 0 saturated heterocycles. The highest BCUT2D eigenvalue weighted by molar-refractivity contribution is 9.10. The predicted octanol–water partition coefficient (Wildman–Crippen LogP) is 3.30. The Morgan fingerprint density at radius 1 is 1.60 bits per heavy atom. The molecule has 0 N–H and O–H groups in total. The Hall–Kier alpha value is -0.280. The molecule has 0 radical (unpaired) electrons. The van der Waals surface area contributed by atoms with Crippen LogP contribution >= 0.6 is 27.5 Å². The minimum Gasteiger partial charge on any atom is -0.373 e. The molecule has 1 saturated carbocycles. The first-order valence-electron chi connectivity index (χ1n) is 5.11. The lowest BCUT2D eigenvalue weighted by atomic mass is 9.84. The van der Waals surface area contributed by atoms with E-state index in [0.717, 1.165) is 29.8 Å². The first kappa shape index (κ1) is 11.2. The van der Waals surface area contributed by atoms with E-state index < -0.39 is 0 Å². The Morgan fingerprint density at radius 3 is 2.93 bits per heavy atom. The molecule has 0 aliphatic heterocycles. The van der Waals surface area contributed by atoms with Crippen LogP contribution in [0.2, 0.25) is 0 Å². The lowest BCUT2D eigenvalue weighted by molar-refractivity contribution is 0.329. The molecule has 0 bridgehead atoms. The van der Waals surface area contributed by atoms with Gasteiger partial charge in [0, 0.05) is 31.4 Å². The third-order valence-corrected chi connectivity index (χ3v) is 3.84. The zero-order valence-electron chi connectivity index (χ0n) is 8.66. The maximum Gasteiger partial charge on any atom is 0.0592 e. The Morgan fingerprint density at radius 2 is 2.33 bits per heavy atom. The largest absolute Gasteiger partial charge is 0.373 e. The number of aromatic nitrogens is 1. The summed E-state index contributed by atoms with van der Waals surface area (Å²) in [6.07, 6.45) is 5.95. The molecule has 2 rings (SSSR count). The second-order valence-electron chi connectivity index (χ2n) is 4.14. The summed E-state index contributed by atoms with van der Waals surface area (Å²) >= 11 is 9.48. The summed E-state index contributed by atoms with van der Waals surface area (Å²) in [5, 5.41) is 0.407. The first-order valence-corrected chi connectivity index (χ1v) is 6.34. The van der Waals surface area contributed by atoms with Gasteiger partial charge in [-0.3, -0.25) is 4.98 Å². The van der Waals surface area contributed by atoms with Gasteiger partial charge in [0.15, 0.2) is 0 Å². The van der Waals surface area contributed by atoms with Gasteiger partial charge in [-0.15, -0.1) is 11.6 Å². The third-order valence-electron chi connectivity index (χ3n) is 2.87. The van der Waals surface area contributed by atoms with Crippen molar-refractivity contribution in [2.75, 3.05) is 18.5 Å². The van der Waals surface area contributed by atoms with Gasteiger partial charge in [0.05, 0.1) is 10.2 Å². The van der Waals surface area contributed by atoms with Crippen LogP contribution in [0.4, 0.5) is 5.69 Å². The van der Waals surface area contributed by atoms with Crippen molar-refractivity contribution >= 4 is 33.2 Å². The van der Waals surface area contributed by atoms with E-state index in [-0.39, 0.29) is 0 Å². The van der Waals surface area contributed by atoms with Crippen molar-refractivity contribution in [3.8, 4) is 0 Å². The summed E-state index contributed by atoms with van der Waals surface area (Å²) in [7, 11) is 2.11. The molecule has 1 heterocycles. The maximum absolute atomic E-state index is 5.97. The zero-order chi connectivity index (χ0) is 10.8. The molecule has 0 unspecified atom stereocenters. The van der Waals surface area contributed by atoms with Gasteiger partial charge in [-0.2, -0.15) is 0 Å². The highest BCUT2D eigenvalue weighted by atomic mass is 79.9. The molecule has 2 nitrogen and oxygen atoms in total. The molecule has 4 heteroatoms. The average molecular weight is 290 g/mol. The van der Waals surface area contributed by atoms with E-state index in [2.05, 4.69) is 32.9 Å². The minimum atomic E-state index is 0.407. The van der Waals surface area contributed by atoms with Crippen molar-refractivity contribution in [2.24, 2.45) is 5.92 Å². The van der Waals surface area contributed by atoms with Crippen LogP contribution in [0.15, 0.2) is 22.9 Å². The molecule has 0 aromatic carbocycles. The molecule has 15 heavy (non-hydrogen) atoms. The monoisotopic (exact) mass is 288 g/mol. The van der Waals surface area contributed by atoms with E-state index in [0.29, 0.717) is 5.38 Å². The fourth-order valence-electron chi connectivity index (χ4n) is 1.97. The highest BCUT2D eigenvalue weighted by Crippen LogP contribution is 2.34. The van der Waals surface area contributed by atoms with Crippen LogP contribution in [0.1, 0.15) is 12.8 Å². The van der Waals surface area contributed by atoms with Crippen LogP contribution in [0.3, 0.4) is 0 Å². The summed E-state index contributed by atoms with van der Waals surface area (Å²) in [6.45, 7) is 1.08. The summed E-state index contributed by atoms with van der Waals surface area (Å²) in [6, 6.07) is 2.03. The van der Waals surface area contributed by atoms with Gasteiger partial charge in [-0.05, 0) is 40.8 Å². The molecular formula is C11H14BrClN2. The molecule has 1 fully saturated rings. The molecule has 82 valence electrons. The van der Waals surface area contributed by atoms with Gasteiger partial charge >= 0.3 is 0 Å². The number of nitrogens with zero attached hydrogens (tertiary/aromatic N) is 2. The Kier molecular flexibility index (Phi) is 3.52. The minimum absolute atomic E-state index is 0.407. The number of hydrogen-bond donors (Lipinski definition) is 0. The fourth-order valence-corrected chi connectivity index (χ4v) is 3.02. The summed E-state index contributed by atoms with van der Waals surface area (Å²) in [5.41, 5.74) is 1.20. The van der Waals surface area contributed by atoms with E-state index >= 15 is 0 Å². The van der Waals surface area contributed by atoms with Gasteiger partial charge in [0.1, 0.15) is 0 Å². The van der Waals surface area contributed by atoms with Gasteiger partial charge in [0.2, 0.25) is 0 Å². The number of halogens is 2. The van der Waals surface area contributed by atoms with Gasteiger partial charge in [0.25, 0.3) is 0 Å². The molecular weight excluding hydrogens is 275 g/mol. The van der Waals surface area contributed by atoms with Gasteiger partial charge < -0.3 is 4.90 Å². The van der Waals surface area contributed by atoms with Crippen molar-refractivity contribution < 1.29 is 0 Å². The quantitative estimate of drug-likeness (QED) is 0.794. The van der Waals surface area contributed by atoms with Crippen molar-refractivity contribution in [1.29, 1.82) is 0 Å². The molecule has 0 amide bonds. The van der Waals surface area contributed by atoms with Gasteiger partial charge in [-0.1, -0.05) is 0 Å². The smallest absolute Gasteiger partial charge is 0.0592 e. The number of alkyl halides is 1. The van der Waals surface area contributed by atoms with Crippen LogP contribution < -0.4 is 4.90 Å². The van der Waals surface area contributed by atoms with Crippen LogP contribution in [0, 0.1) is 5.92 Å². The third kappa shape index (κ3) is 2.64. The molecule has 0 spiro atoms. The Balaban J connectivity index is 1.96. The topological polar surface area (TPSA) is 16.1 Å². The van der Waals surface area contributed by atoms with Gasteiger partial charge in [-0.25, -0.2) is 0 Å². The van der Waals surface area contributed by atoms with E-state index in [1.165, 1.54) is 5.69 Å². The van der Waals surface area contributed by atoms with E-state index in [4.69, 9.17) is 11.6 Å². The van der Waals surface area contributed by atoms with E-state index in [1.807, 2.05) is 18.5 Å². The molecule has 1 aromatic rings. The van der Waals surface area contributed by atoms with Crippen LogP contribution in [-0.4, -0.2) is 24.0 Å². The average Bonchev–Trinajstić information content (AvgIpc) is 2.16. The number of hydrogen-bond acceptors (Lipinski definition) is 2. The lowest BCUT2D eigenvalue weighted by Crippen LogP contribution is -2.34. The second-order valence-corrected chi connectivity index (χ2v) is 5.61. The standard InChI is InChI=1S/C11H14BrClN2/c1-15(7-8-4-9(13)5-8)11-2-3-14-6-10(11)12/h2-3,6,8-9H,4-5,7H2,1H3. The SMILES string of the molecule is CN(CC1CC(Cl)C1)c1ccncc1Br. The van der Waals surface area contributed by atoms with Crippen molar-refractivity contribution in [3.63, 3.8) is 0 Å². The summed E-state index contributed by atoms with van der Waals surface area (Å²) < 4.78 is 1.05. The van der Waals surface area contributed by atoms with Crippen molar-refractivity contribution in [2.45, 2.75) is 18.2 Å². The normalized spacial score (nSPS) is 24.7. The maximum atomic E-state index is 5.97. The highest BCUT2D eigenvalue weighted by Gasteiger charge is 2.28. The van der Waals surface area contributed by atoms with E-state index in [9.17, 15) is 0 Å². The fraction of sp³-hybridized carbons (Fsp3) is 0.545. The van der Waals surface area contributed by atoms with Crippen LogP contribution in [0.25, 0.3) is 0 Å². The van der Waals surface area contributed by atoms with Crippen molar-refractivity contribution in [3.05, 3.63) is 22.9 Å². The lowest BCUT2D eigenvalue weighted by Gasteiger charge is -2.35. The first-order chi connectivity index (χ1) is 7.16. The Labute approximate surface area is 104 Å². The summed E-state index contributed by atoms with van der Waals surface area (Å²) in [4.78, 5) is 6.32. The van der Waals surface area contributed by atoms with Crippen molar-refractivity contribution in [1.82, 2.24) is 4.98 Å². The van der Waals surface area contributed by atoms with E-state index in [1.54, 1.807) is 0 Å². The second kappa shape index (κ2) is 4.71. The zero-order valence-corrected chi connectivity index (χ0v) is 11.0. The number of anilines is 1. The van der Waals surface area contributed by atoms with Crippen LogP contribution in [-0.2, 0) is 0 Å².